The zero-order valence-corrected chi connectivity index (χ0v) is 42.0. The summed E-state index contributed by atoms with van der Waals surface area (Å²) in [6, 6.07) is -5.09. The average Bonchev–Trinajstić information content (AvgIpc) is 4.14. The standard InChI is InChI=1S/C26H42N4O6.C21H34N4O4.2CH4.ClH.2H2/c1-24(2,3)19(29-23(35)36-25(4,5)6)22(34)30-12-14-16(26(14,7)8)17(30)21(33)28-15(11-13-9-10-13)18(31)20(27)32;1-20(2,3)16(22)19(29)25-9-11-13(21(11,4)5)14(25)18(28)24-12(8-10-6-7-10)15(26)17(23)27;;;;;/h13-17,19H,9-12H2,1-8H3,(H2,27,32)(H,28,33)(H,29,35);10-14,16H,6-9,22H2,1-5H3,(H2,23,27)(H,24,28);2*1H4;3*1H/t14-,15?,16-,17?,19+;11-,12?,13-,14?,16+;;;;;/m00...../s1. The number of ketones is 2. The Kier molecular flexibility index (Phi) is 18.4. The van der Waals surface area contributed by atoms with Crippen LogP contribution in [0.4, 0.5) is 4.79 Å². The van der Waals surface area contributed by atoms with Gasteiger partial charge in [-0.15, -0.1) is 12.4 Å². The summed E-state index contributed by atoms with van der Waals surface area (Å²) in [6.07, 6.45) is 3.89. The Labute approximate surface area is 413 Å². The van der Waals surface area contributed by atoms with Crippen LogP contribution in [0.5, 0.6) is 0 Å². The molecule has 19 heteroatoms. The number of carbonyl (C=O) groups is 9. The van der Waals surface area contributed by atoms with E-state index in [0.717, 1.165) is 25.7 Å². The van der Waals surface area contributed by atoms with Gasteiger partial charge in [-0.05, 0) is 90.8 Å². The number of hydrogen-bond acceptors (Lipinski definition) is 11. The molecule has 6 fully saturated rings. The molecule has 6 rings (SSSR count). The monoisotopic (exact) mass is 985 g/mol. The SMILES string of the molecule is C.C.CC(C)(C)OC(=O)N[C@H](C(=O)N1C[C@H]2[C@@H](C1C(=O)NC(CC1CC1)C(=O)C(N)=O)C2(C)C)C(C)(C)C.CC(C)(C)[C@H](N)C(=O)N1C[C@H]2[C@@H](C1C(=O)NC(CC1CC1)C(=O)C(N)=O)C2(C)C.Cl.[HH].[HH]. The van der Waals surface area contributed by atoms with Crippen LogP contribution in [0.1, 0.15) is 146 Å². The highest BCUT2D eigenvalue weighted by Gasteiger charge is 2.71. The fourth-order valence-electron chi connectivity index (χ4n) is 10.1. The molecule has 7 amide bonds. The summed E-state index contributed by atoms with van der Waals surface area (Å²) in [6.45, 7) is 25.5. The first-order valence-electron chi connectivity index (χ1n) is 23.2. The van der Waals surface area contributed by atoms with Gasteiger partial charge in [0.2, 0.25) is 35.2 Å². The molecule has 10 atom stereocenters. The predicted octanol–water partition coefficient (Wildman–Crippen LogP) is 4.12. The number of Topliss-reactive ketones (excluding diaryl/α,β-unsaturated/α-hetero) is 2. The van der Waals surface area contributed by atoms with Crippen LogP contribution in [-0.2, 0) is 43.1 Å². The smallest absolute Gasteiger partial charge is 0.408 e. The first kappa shape index (κ1) is 59.8. The van der Waals surface area contributed by atoms with E-state index in [-0.39, 0.29) is 82.3 Å². The summed E-state index contributed by atoms with van der Waals surface area (Å²) >= 11 is 0. The van der Waals surface area contributed by atoms with E-state index in [1.807, 2.05) is 41.5 Å². The topological polar surface area (TPSA) is 283 Å². The quantitative estimate of drug-likeness (QED) is 0.127. The number of alkyl carbamates (subject to hydrolysis) is 1. The molecule has 4 unspecified atom stereocenters. The largest absolute Gasteiger partial charge is 0.444 e. The fourth-order valence-corrected chi connectivity index (χ4v) is 10.1. The predicted molar refractivity (Wildman–Crippen MR) is 264 cm³/mol. The molecule has 0 aromatic rings. The van der Waals surface area contributed by atoms with Gasteiger partial charge < -0.3 is 47.7 Å². The van der Waals surface area contributed by atoms with Crippen molar-refractivity contribution in [3.63, 3.8) is 0 Å². The molecule has 0 bridgehead atoms. The van der Waals surface area contributed by atoms with Crippen molar-refractivity contribution in [1.29, 1.82) is 0 Å². The number of carbonyl (C=O) groups excluding carboxylic acids is 9. The van der Waals surface area contributed by atoms with Crippen molar-refractivity contribution in [3.8, 4) is 0 Å². The third kappa shape index (κ3) is 13.3. The molecule has 2 heterocycles. The summed E-state index contributed by atoms with van der Waals surface area (Å²) in [7, 11) is 0. The number of amides is 7. The van der Waals surface area contributed by atoms with Gasteiger partial charge in [0.15, 0.2) is 0 Å². The van der Waals surface area contributed by atoms with Gasteiger partial charge >= 0.3 is 6.09 Å². The van der Waals surface area contributed by atoms with Crippen LogP contribution >= 0.6 is 12.4 Å². The van der Waals surface area contributed by atoms with E-state index >= 15 is 0 Å². The minimum absolute atomic E-state index is 0. The number of nitrogens with zero attached hydrogens (tertiary/aromatic N) is 2. The number of halogens is 1. The molecule has 392 valence electrons. The van der Waals surface area contributed by atoms with Crippen molar-refractivity contribution < 1.29 is 50.7 Å². The molecular formula is C49H89ClN8O10. The summed E-state index contributed by atoms with van der Waals surface area (Å²) in [5, 5.41) is 8.20. The second kappa shape index (κ2) is 21.0. The van der Waals surface area contributed by atoms with Gasteiger partial charge in [-0.25, -0.2) is 4.79 Å². The molecule has 9 N–H and O–H groups in total. The number of primary amides is 2. The number of ether oxygens (including phenoxy) is 1. The Morgan fingerprint density at radius 1 is 0.618 bits per heavy atom. The lowest BCUT2D eigenvalue weighted by molar-refractivity contribution is -0.145. The molecule has 2 aliphatic heterocycles. The summed E-state index contributed by atoms with van der Waals surface area (Å²) < 4.78 is 5.38. The minimum atomic E-state index is -1.08. The third-order valence-electron chi connectivity index (χ3n) is 14.8. The average molecular weight is 986 g/mol. The van der Waals surface area contributed by atoms with E-state index in [9.17, 15) is 43.2 Å². The van der Waals surface area contributed by atoms with Gasteiger partial charge in [0.25, 0.3) is 11.8 Å². The molecule has 4 aliphatic carbocycles. The zero-order valence-electron chi connectivity index (χ0n) is 41.2. The van der Waals surface area contributed by atoms with Crippen molar-refractivity contribution in [2.24, 2.45) is 74.4 Å². The number of nitrogens with two attached hydrogens (primary N) is 3. The maximum Gasteiger partial charge on any atom is 0.408 e. The Hall–Kier alpha value is -4.32. The van der Waals surface area contributed by atoms with Crippen LogP contribution in [0.3, 0.4) is 0 Å². The fraction of sp³-hybridized carbons (Fsp3) is 0.816. The van der Waals surface area contributed by atoms with E-state index < -0.39 is 94.0 Å². The summed E-state index contributed by atoms with van der Waals surface area (Å²) in [5.74, 6) is -4.35. The van der Waals surface area contributed by atoms with Gasteiger partial charge in [0.1, 0.15) is 23.7 Å². The maximum atomic E-state index is 13.8. The highest BCUT2D eigenvalue weighted by Crippen LogP contribution is 2.66. The third-order valence-corrected chi connectivity index (χ3v) is 14.8. The second-order valence-electron chi connectivity index (χ2n) is 24.0. The van der Waals surface area contributed by atoms with E-state index in [1.165, 1.54) is 4.90 Å². The normalized spacial score (nSPS) is 26.6. The number of rotatable bonds is 15. The highest BCUT2D eigenvalue weighted by atomic mass is 35.5. The van der Waals surface area contributed by atoms with Crippen LogP contribution in [0.25, 0.3) is 0 Å². The molecule has 4 saturated carbocycles. The Balaban J connectivity index is 0.00000129. The van der Waals surface area contributed by atoms with E-state index in [4.69, 9.17) is 21.9 Å². The minimum Gasteiger partial charge on any atom is -0.444 e. The van der Waals surface area contributed by atoms with Crippen molar-refractivity contribution in [3.05, 3.63) is 0 Å². The van der Waals surface area contributed by atoms with Gasteiger partial charge in [0.05, 0.1) is 18.1 Å². The molecule has 6 aliphatic rings. The van der Waals surface area contributed by atoms with Crippen molar-refractivity contribution in [2.45, 2.75) is 185 Å². The molecule has 18 nitrogen and oxygen atoms in total. The van der Waals surface area contributed by atoms with Crippen LogP contribution in [-0.4, -0.2) is 118 Å². The molecule has 2 saturated heterocycles. The second-order valence-corrected chi connectivity index (χ2v) is 24.0. The first-order chi connectivity index (χ1) is 29.6. The highest BCUT2D eigenvalue weighted by molar-refractivity contribution is 6.38. The number of fused-ring (bicyclic) bond motifs is 2. The van der Waals surface area contributed by atoms with E-state index in [0.29, 0.717) is 31.8 Å². The lowest BCUT2D eigenvalue weighted by atomic mass is 9.85. The van der Waals surface area contributed by atoms with Gasteiger partial charge in [-0.2, -0.15) is 0 Å². The lowest BCUT2D eigenvalue weighted by Crippen LogP contribution is -2.60. The Bertz CT molecular complexity index is 1980. The number of likely N-dealkylation sites (tertiary alicyclic amines) is 2. The first-order valence-corrected chi connectivity index (χ1v) is 23.2. The molecule has 0 aromatic heterocycles. The summed E-state index contributed by atoms with van der Waals surface area (Å²) in [4.78, 5) is 117. The Morgan fingerprint density at radius 3 is 1.26 bits per heavy atom. The number of nitrogens with one attached hydrogen (secondary N) is 3. The van der Waals surface area contributed by atoms with Gasteiger partial charge in [0, 0.05) is 15.9 Å². The van der Waals surface area contributed by atoms with Crippen LogP contribution in [0, 0.1) is 57.2 Å². The maximum absolute atomic E-state index is 13.8. The van der Waals surface area contributed by atoms with Crippen molar-refractivity contribution >= 4 is 65.5 Å². The zero-order chi connectivity index (χ0) is 49.3. The lowest BCUT2D eigenvalue weighted by Gasteiger charge is -2.38. The van der Waals surface area contributed by atoms with Crippen LogP contribution in [0.2, 0.25) is 0 Å². The summed E-state index contributed by atoms with van der Waals surface area (Å²) in [5.41, 5.74) is 14.6. The van der Waals surface area contributed by atoms with Gasteiger partial charge in [-0.1, -0.05) is 110 Å². The molecule has 0 spiro atoms. The van der Waals surface area contributed by atoms with Crippen molar-refractivity contribution in [1.82, 2.24) is 25.8 Å². The number of piperidine rings is 2. The number of hydrogen-bond donors (Lipinski definition) is 6. The van der Waals surface area contributed by atoms with Crippen LogP contribution in [0.15, 0.2) is 0 Å². The van der Waals surface area contributed by atoms with Crippen molar-refractivity contribution in [2.75, 3.05) is 13.1 Å². The van der Waals surface area contributed by atoms with E-state index in [2.05, 4.69) is 43.6 Å². The van der Waals surface area contributed by atoms with Crippen LogP contribution < -0.4 is 33.2 Å². The molecular weight excluding hydrogens is 896 g/mol. The molecule has 0 radical (unpaired) electrons. The molecule has 68 heavy (non-hydrogen) atoms. The Morgan fingerprint density at radius 2 is 0.971 bits per heavy atom. The van der Waals surface area contributed by atoms with E-state index in [1.54, 1.807) is 25.7 Å². The van der Waals surface area contributed by atoms with Gasteiger partial charge in [-0.3, -0.25) is 38.4 Å². The molecule has 0 aromatic carbocycles.